The average Bonchev–Trinajstić information content (AvgIpc) is 2.82. The summed E-state index contributed by atoms with van der Waals surface area (Å²) in [6.45, 7) is 2.11. The fourth-order valence-electron chi connectivity index (χ4n) is 1.63. The Morgan fingerprint density at radius 3 is 1.94 bits per heavy atom. The number of aryl methyl sites for hydroxylation is 1. The molecule has 1 N–H and O–H groups in total. The molecule has 80 valence electrons. The second-order valence-corrected chi connectivity index (χ2v) is 3.67. The summed E-state index contributed by atoms with van der Waals surface area (Å²) in [5.41, 5.74) is 2.56. The number of para-hydroxylation sites is 1. The molecular formula is C15H15N. The van der Waals surface area contributed by atoms with Crippen LogP contribution in [0, 0.1) is 6.92 Å². The van der Waals surface area contributed by atoms with Crippen molar-refractivity contribution >= 4 is 10.9 Å². The maximum Gasteiger partial charge on any atom is 0.0483 e. The predicted molar refractivity (Wildman–Crippen MR) is 69.5 cm³/mol. The number of H-pyrrole nitrogens is 1. The van der Waals surface area contributed by atoms with Gasteiger partial charge in [-0.05, 0) is 23.9 Å². The van der Waals surface area contributed by atoms with Gasteiger partial charge in [0, 0.05) is 11.7 Å². The van der Waals surface area contributed by atoms with Gasteiger partial charge in [0.2, 0.25) is 0 Å². The number of aromatic nitrogens is 1. The predicted octanol–water partition coefficient (Wildman–Crippen LogP) is 4.16. The summed E-state index contributed by atoms with van der Waals surface area (Å²) < 4.78 is 0. The highest BCUT2D eigenvalue weighted by Crippen LogP contribution is 2.14. The topological polar surface area (TPSA) is 15.8 Å². The number of nitrogens with one attached hydrogen (secondary N) is 1. The van der Waals surface area contributed by atoms with Crippen LogP contribution in [-0.4, -0.2) is 4.98 Å². The molecule has 0 atom stereocenters. The molecule has 3 aromatic rings. The van der Waals surface area contributed by atoms with E-state index in [-0.39, 0.29) is 0 Å². The summed E-state index contributed by atoms with van der Waals surface area (Å²) >= 11 is 0. The molecule has 0 saturated heterocycles. The van der Waals surface area contributed by atoms with Crippen molar-refractivity contribution in [3.63, 3.8) is 0 Å². The van der Waals surface area contributed by atoms with Crippen LogP contribution in [0.4, 0.5) is 0 Å². The zero-order valence-electron chi connectivity index (χ0n) is 9.35. The van der Waals surface area contributed by atoms with E-state index in [1.54, 1.807) is 0 Å². The Kier molecular flexibility index (Phi) is 3.39. The van der Waals surface area contributed by atoms with E-state index < -0.39 is 0 Å². The first-order valence-corrected chi connectivity index (χ1v) is 5.40. The number of rotatable bonds is 0. The SMILES string of the molecule is Cc1cccc2cc[nH]c12.c1ccccc1. The third-order valence-corrected chi connectivity index (χ3v) is 2.46. The first kappa shape index (κ1) is 10.5. The highest BCUT2D eigenvalue weighted by molar-refractivity contribution is 5.82. The molecule has 1 heterocycles. The minimum Gasteiger partial charge on any atom is -0.361 e. The summed E-state index contributed by atoms with van der Waals surface area (Å²) in [5, 5.41) is 1.29. The molecule has 3 rings (SSSR count). The standard InChI is InChI=1S/C9H9N.C6H6/c1-7-3-2-4-8-5-6-10-9(7)8;1-2-4-6-5-3-1/h2-6,10H,1H3;1-6H. The van der Waals surface area contributed by atoms with Gasteiger partial charge >= 0.3 is 0 Å². The van der Waals surface area contributed by atoms with Crippen LogP contribution in [-0.2, 0) is 0 Å². The first-order chi connectivity index (χ1) is 7.88. The van der Waals surface area contributed by atoms with Gasteiger partial charge in [-0.25, -0.2) is 0 Å². The van der Waals surface area contributed by atoms with Gasteiger partial charge < -0.3 is 4.98 Å². The minimum atomic E-state index is 1.25. The molecular weight excluding hydrogens is 194 g/mol. The minimum absolute atomic E-state index is 1.25. The molecule has 0 aliphatic rings. The molecule has 0 aliphatic carbocycles. The first-order valence-electron chi connectivity index (χ1n) is 5.40. The van der Waals surface area contributed by atoms with Crippen molar-refractivity contribution in [1.82, 2.24) is 4.98 Å². The van der Waals surface area contributed by atoms with Gasteiger partial charge in [0.1, 0.15) is 0 Å². The second kappa shape index (κ2) is 5.17. The smallest absolute Gasteiger partial charge is 0.0483 e. The zero-order chi connectivity index (χ0) is 11.2. The molecule has 1 heteroatoms. The Bertz CT molecular complexity index is 511. The van der Waals surface area contributed by atoms with Gasteiger partial charge in [-0.2, -0.15) is 0 Å². The van der Waals surface area contributed by atoms with Crippen LogP contribution >= 0.6 is 0 Å². The van der Waals surface area contributed by atoms with Crippen LogP contribution in [0.15, 0.2) is 66.9 Å². The van der Waals surface area contributed by atoms with E-state index in [0.717, 1.165) is 0 Å². The summed E-state index contributed by atoms with van der Waals surface area (Å²) in [4.78, 5) is 3.19. The van der Waals surface area contributed by atoms with E-state index in [0.29, 0.717) is 0 Å². The number of aromatic amines is 1. The lowest BCUT2D eigenvalue weighted by Gasteiger charge is -1.92. The Labute approximate surface area is 95.8 Å². The van der Waals surface area contributed by atoms with E-state index in [2.05, 4.69) is 36.2 Å². The van der Waals surface area contributed by atoms with E-state index >= 15 is 0 Å². The zero-order valence-corrected chi connectivity index (χ0v) is 9.35. The van der Waals surface area contributed by atoms with E-state index in [4.69, 9.17) is 0 Å². The monoisotopic (exact) mass is 209 g/mol. The Morgan fingerprint density at radius 1 is 0.750 bits per heavy atom. The fraction of sp³-hybridized carbons (Fsp3) is 0.0667. The van der Waals surface area contributed by atoms with Crippen LogP contribution in [0.5, 0.6) is 0 Å². The Balaban J connectivity index is 0.000000138. The Morgan fingerprint density at radius 2 is 1.38 bits per heavy atom. The molecule has 0 fully saturated rings. The lowest BCUT2D eigenvalue weighted by atomic mass is 10.2. The van der Waals surface area contributed by atoms with E-state index in [1.165, 1.54) is 16.5 Å². The Hall–Kier alpha value is -2.02. The molecule has 0 aliphatic heterocycles. The molecule has 0 unspecified atom stereocenters. The summed E-state index contributed by atoms with van der Waals surface area (Å²) in [6, 6.07) is 20.4. The van der Waals surface area contributed by atoms with Crippen molar-refractivity contribution in [3.8, 4) is 0 Å². The van der Waals surface area contributed by atoms with Crippen molar-refractivity contribution in [2.45, 2.75) is 6.92 Å². The van der Waals surface area contributed by atoms with Crippen molar-refractivity contribution in [2.24, 2.45) is 0 Å². The highest BCUT2D eigenvalue weighted by Gasteiger charge is 1.93. The highest BCUT2D eigenvalue weighted by atomic mass is 14.7. The van der Waals surface area contributed by atoms with Gasteiger partial charge in [-0.3, -0.25) is 0 Å². The van der Waals surface area contributed by atoms with Crippen molar-refractivity contribution in [2.75, 3.05) is 0 Å². The summed E-state index contributed by atoms with van der Waals surface area (Å²) in [5.74, 6) is 0. The van der Waals surface area contributed by atoms with E-state index in [1.807, 2.05) is 42.6 Å². The number of hydrogen-bond acceptors (Lipinski definition) is 0. The van der Waals surface area contributed by atoms with Gasteiger partial charge in [-0.15, -0.1) is 0 Å². The van der Waals surface area contributed by atoms with Crippen LogP contribution < -0.4 is 0 Å². The second-order valence-electron chi connectivity index (χ2n) is 3.67. The summed E-state index contributed by atoms with van der Waals surface area (Å²) in [6.07, 6.45) is 1.97. The fourth-order valence-corrected chi connectivity index (χ4v) is 1.63. The van der Waals surface area contributed by atoms with Crippen molar-refractivity contribution in [3.05, 3.63) is 72.4 Å². The number of benzene rings is 2. The normalized spacial score (nSPS) is 9.56. The lowest BCUT2D eigenvalue weighted by molar-refractivity contribution is 1.42. The average molecular weight is 209 g/mol. The molecule has 1 aromatic heterocycles. The van der Waals surface area contributed by atoms with Crippen LogP contribution in [0.3, 0.4) is 0 Å². The van der Waals surface area contributed by atoms with Crippen molar-refractivity contribution in [1.29, 1.82) is 0 Å². The number of hydrogen-bond donors (Lipinski definition) is 1. The quantitative estimate of drug-likeness (QED) is 0.572. The number of fused-ring (bicyclic) bond motifs is 1. The lowest BCUT2D eigenvalue weighted by Crippen LogP contribution is -1.72. The molecule has 1 nitrogen and oxygen atoms in total. The largest absolute Gasteiger partial charge is 0.361 e. The molecule has 0 bridgehead atoms. The van der Waals surface area contributed by atoms with Crippen LogP contribution in [0.25, 0.3) is 10.9 Å². The van der Waals surface area contributed by atoms with Gasteiger partial charge in [0.05, 0.1) is 0 Å². The van der Waals surface area contributed by atoms with Crippen molar-refractivity contribution < 1.29 is 0 Å². The molecule has 0 radical (unpaired) electrons. The third-order valence-electron chi connectivity index (χ3n) is 2.46. The van der Waals surface area contributed by atoms with Gasteiger partial charge in [0.15, 0.2) is 0 Å². The maximum absolute atomic E-state index is 3.19. The van der Waals surface area contributed by atoms with Crippen LogP contribution in [0.1, 0.15) is 5.56 Å². The maximum atomic E-state index is 3.19. The van der Waals surface area contributed by atoms with Crippen LogP contribution in [0.2, 0.25) is 0 Å². The van der Waals surface area contributed by atoms with Gasteiger partial charge in [-0.1, -0.05) is 54.6 Å². The molecule has 0 saturated carbocycles. The van der Waals surface area contributed by atoms with Gasteiger partial charge in [0.25, 0.3) is 0 Å². The van der Waals surface area contributed by atoms with E-state index in [9.17, 15) is 0 Å². The molecule has 0 spiro atoms. The third kappa shape index (κ3) is 2.51. The molecule has 2 aromatic carbocycles. The molecule has 0 amide bonds. The molecule has 16 heavy (non-hydrogen) atoms. The summed E-state index contributed by atoms with van der Waals surface area (Å²) in [7, 11) is 0.